The van der Waals surface area contributed by atoms with Gasteiger partial charge in [-0.2, -0.15) is 0 Å². The summed E-state index contributed by atoms with van der Waals surface area (Å²) < 4.78 is 11.2. The van der Waals surface area contributed by atoms with E-state index < -0.39 is 0 Å². The molecule has 1 heterocycles. The summed E-state index contributed by atoms with van der Waals surface area (Å²) in [6.07, 6.45) is 2.25. The summed E-state index contributed by atoms with van der Waals surface area (Å²) in [6, 6.07) is 19.3. The van der Waals surface area contributed by atoms with E-state index in [4.69, 9.17) is 9.26 Å². The van der Waals surface area contributed by atoms with Crippen LogP contribution in [0.4, 0.5) is 5.69 Å². The van der Waals surface area contributed by atoms with Crippen LogP contribution in [-0.4, -0.2) is 12.3 Å². The van der Waals surface area contributed by atoms with Crippen molar-refractivity contribution in [3.8, 4) is 16.9 Å². The second kappa shape index (κ2) is 8.62. The van der Waals surface area contributed by atoms with Crippen LogP contribution in [0, 0.1) is 13.8 Å². The minimum Gasteiger partial charge on any atom is -0.496 e. The van der Waals surface area contributed by atoms with Gasteiger partial charge in [0.1, 0.15) is 5.75 Å². The Hall–Kier alpha value is -3.27. The fraction of sp³-hybridized carbons (Fsp3) is 0.269. The van der Waals surface area contributed by atoms with Gasteiger partial charge in [-0.25, -0.2) is 0 Å². The van der Waals surface area contributed by atoms with Crippen molar-refractivity contribution in [1.82, 2.24) is 5.16 Å². The van der Waals surface area contributed by atoms with Gasteiger partial charge in [-0.1, -0.05) is 54.9 Å². The predicted octanol–water partition coefficient (Wildman–Crippen LogP) is 6.68. The first-order valence-corrected chi connectivity index (χ1v) is 10.5. The summed E-state index contributed by atoms with van der Waals surface area (Å²) in [7, 11) is 1.71. The zero-order valence-electron chi connectivity index (χ0n) is 18.1. The fourth-order valence-electron chi connectivity index (χ4n) is 3.87. The van der Waals surface area contributed by atoms with Crippen LogP contribution in [0.2, 0.25) is 0 Å². The number of methoxy groups -OCH3 is 1. The molecular weight excluding hydrogens is 372 g/mol. The Morgan fingerprint density at radius 3 is 2.50 bits per heavy atom. The van der Waals surface area contributed by atoms with E-state index >= 15 is 0 Å². The minimum absolute atomic E-state index is 0.655. The molecule has 4 aromatic rings. The van der Waals surface area contributed by atoms with E-state index in [9.17, 15) is 0 Å². The van der Waals surface area contributed by atoms with Crippen LogP contribution < -0.4 is 10.1 Å². The average molecular weight is 401 g/mol. The summed E-state index contributed by atoms with van der Waals surface area (Å²) in [5, 5.41) is 8.80. The van der Waals surface area contributed by atoms with Crippen LogP contribution >= 0.6 is 0 Å². The third-order valence-corrected chi connectivity index (χ3v) is 5.48. The SMILES string of the molecule is CCCc1ccc(-c2cc(NCc3ccc(C)cc3OC)c3c(C)noc3c2)cc1. The van der Waals surface area contributed by atoms with E-state index in [0.29, 0.717) is 6.54 Å². The maximum atomic E-state index is 5.61. The van der Waals surface area contributed by atoms with Crippen molar-refractivity contribution >= 4 is 16.7 Å². The summed E-state index contributed by atoms with van der Waals surface area (Å²) in [5.41, 5.74) is 8.63. The normalized spacial score (nSPS) is 11.1. The average Bonchev–Trinajstić information content (AvgIpc) is 3.14. The molecule has 0 saturated heterocycles. The quantitative estimate of drug-likeness (QED) is 0.376. The second-order valence-electron chi connectivity index (χ2n) is 7.78. The lowest BCUT2D eigenvalue weighted by Crippen LogP contribution is -2.03. The number of hydrogen-bond acceptors (Lipinski definition) is 4. The van der Waals surface area contributed by atoms with Crippen LogP contribution in [0.3, 0.4) is 0 Å². The highest BCUT2D eigenvalue weighted by Crippen LogP contribution is 2.34. The van der Waals surface area contributed by atoms with E-state index in [0.717, 1.165) is 52.1 Å². The second-order valence-corrected chi connectivity index (χ2v) is 7.78. The van der Waals surface area contributed by atoms with Crippen molar-refractivity contribution in [3.63, 3.8) is 0 Å². The monoisotopic (exact) mass is 400 g/mol. The van der Waals surface area contributed by atoms with Crippen LogP contribution in [-0.2, 0) is 13.0 Å². The van der Waals surface area contributed by atoms with Crippen LogP contribution in [0.1, 0.15) is 35.7 Å². The first kappa shape index (κ1) is 20.0. The largest absolute Gasteiger partial charge is 0.496 e. The molecule has 0 fully saturated rings. The Balaban J connectivity index is 1.69. The van der Waals surface area contributed by atoms with Gasteiger partial charge in [0.2, 0.25) is 0 Å². The third kappa shape index (κ3) is 4.04. The molecule has 0 aliphatic heterocycles. The highest BCUT2D eigenvalue weighted by atomic mass is 16.5. The standard InChI is InChI=1S/C26H28N2O2/c1-5-6-19-8-11-20(12-9-19)22-14-23(26-18(3)28-30-25(26)15-22)27-16-21-10-7-17(2)13-24(21)29-4/h7-15,27H,5-6,16H2,1-4H3. The van der Waals surface area contributed by atoms with Gasteiger partial charge < -0.3 is 14.6 Å². The molecule has 0 aliphatic carbocycles. The van der Waals surface area contributed by atoms with Gasteiger partial charge in [-0.05, 0) is 60.7 Å². The topological polar surface area (TPSA) is 47.3 Å². The molecule has 1 aromatic heterocycles. The number of aromatic nitrogens is 1. The molecule has 0 radical (unpaired) electrons. The Morgan fingerprint density at radius 1 is 0.967 bits per heavy atom. The first-order chi connectivity index (χ1) is 14.6. The molecule has 0 amide bonds. The minimum atomic E-state index is 0.655. The van der Waals surface area contributed by atoms with E-state index in [1.54, 1.807) is 7.11 Å². The molecular formula is C26H28N2O2. The molecule has 0 spiro atoms. The number of benzene rings is 3. The van der Waals surface area contributed by atoms with Crippen molar-refractivity contribution in [2.24, 2.45) is 0 Å². The zero-order valence-corrected chi connectivity index (χ0v) is 18.1. The van der Waals surface area contributed by atoms with Crippen molar-refractivity contribution in [1.29, 1.82) is 0 Å². The Morgan fingerprint density at radius 2 is 1.77 bits per heavy atom. The molecule has 3 aromatic carbocycles. The van der Waals surface area contributed by atoms with Gasteiger partial charge in [0.25, 0.3) is 0 Å². The fourth-order valence-corrected chi connectivity index (χ4v) is 3.87. The predicted molar refractivity (Wildman–Crippen MR) is 123 cm³/mol. The highest BCUT2D eigenvalue weighted by Gasteiger charge is 2.14. The molecule has 154 valence electrons. The molecule has 0 unspecified atom stereocenters. The van der Waals surface area contributed by atoms with Gasteiger partial charge in [-0.15, -0.1) is 0 Å². The van der Waals surface area contributed by atoms with Crippen molar-refractivity contribution in [2.75, 3.05) is 12.4 Å². The van der Waals surface area contributed by atoms with Gasteiger partial charge in [0.15, 0.2) is 5.58 Å². The number of nitrogens with one attached hydrogen (secondary N) is 1. The molecule has 0 aliphatic rings. The number of hydrogen-bond donors (Lipinski definition) is 1. The van der Waals surface area contributed by atoms with Crippen molar-refractivity contribution in [2.45, 2.75) is 40.2 Å². The summed E-state index contributed by atoms with van der Waals surface area (Å²) in [5.74, 6) is 0.892. The number of aryl methyl sites for hydroxylation is 3. The van der Waals surface area contributed by atoms with E-state index in [1.807, 2.05) is 6.92 Å². The Labute approximate surface area is 177 Å². The third-order valence-electron chi connectivity index (χ3n) is 5.48. The van der Waals surface area contributed by atoms with Gasteiger partial charge >= 0.3 is 0 Å². The Bertz CT molecular complexity index is 1160. The first-order valence-electron chi connectivity index (χ1n) is 10.5. The summed E-state index contributed by atoms with van der Waals surface area (Å²) >= 11 is 0. The molecule has 0 saturated carbocycles. The van der Waals surface area contributed by atoms with Crippen molar-refractivity contribution in [3.05, 3.63) is 77.0 Å². The van der Waals surface area contributed by atoms with E-state index in [-0.39, 0.29) is 0 Å². The summed E-state index contributed by atoms with van der Waals surface area (Å²) in [4.78, 5) is 0. The zero-order chi connectivity index (χ0) is 21.1. The molecule has 4 rings (SSSR count). The molecule has 4 nitrogen and oxygen atoms in total. The summed E-state index contributed by atoms with van der Waals surface area (Å²) in [6.45, 7) is 6.90. The molecule has 1 N–H and O–H groups in total. The number of fused-ring (bicyclic) bond motifs is 1. The van der Waals surface area contributed by atoms with Crippen LogP contribution in [0.15, 0.2) is 59.1 Å². The lowest BCUT2D eigenvalue weighted by Gasteiger charge is -2.13. The maximum absolute atomic E-state index is 5.61. The van der Waals surface area contributed by atoms with E-state index in [1.165, 1.54) is 16.7 Å². The van der Waals surface area contributed by atoms with Gasteiger partial charge in [0.05, 0.1) is 18.2 Å². The number of ether oxygens (including phenoxy) is 1. The van der Waals surface area contributed by atoms with Crippen LogP contribution in [0.5, 0.6) is 5.75 Å². The lowest BCUT2D eigenvalue weighted by molar-refractivity contribution is 0.410. The Kier molecular flexibility index (Phi) is 5.75. The molecule has 4 heteroatoms. The molecule has 30 heavy (non-hydrogen) atoms. The van der Waals surface area contributed by atoms with E-state index in [2.05, 4.69) is 78.9 Å². The smallest absolute Gasteiger partial charge is 0.169 e. The number of nitrogens with zero attached hydrogens (tertiary/aromatic N) is 1. The highest BCUT2D eigenvalue weighted by molar-refractivity contribution is 5.96. The number of rotatable bonds is 7. The molecule has 0 atom stereocenters. The maximum Gasteiger partial charge on any atom is 0.169 e. The number of anilines is 1. The van der Waals surface area contributed by atoms with Gasteiger partial charge in [-0.3, -0.25) is 0 Å². The van der Waals surface area contributed by atoms with Crippen molar-refractivity contribution < 1.29 is 9.26 Å². The molecule has 0 bridgehead atoms. The van der Waals surface area contributed by atoms with Crippen LogP contribution in [0.25, 0.3) is 22.1 Å². The lowest BCUT2D eigenvalue weighted by atomic mass is 10.00. The van der Waals surface area contributed by atoms with Gasteiger partial charge in [0, 0.05) is 17.8 Å².